The van der Waals surface area contributed by atoms with Crippen molar-refractivity contribution in [2.75, 3.05) is 7.11 Å². The molecule has 70 valence electrons. The Kier molecular flexibility index (Phi) is 3.43. The van der Waals surface area contributed by atoms with Gasteiger partial charge in [-0.15, -0.1) is 0 Å². The van der Waals surface area contributed by atoms with Crippen molar-refractivity contribution in [3.63, 3.8) is 0 Å². The van der Waals surface area contributed by atoms with E-state index in [1.54, 1.807) is 0 Å². The van der Waals surface area contributed by atoms with Crippen LogP contribution in [0, 0.1) is 5.92 Å². The monoisotopic (exact) mass is 180 g/mol. The van der Waals surface area contributed by atoms with Crippen molar-refractivity contribution in [3.8, 4) is 0 Å². The van der Waals surface area contributed by atoms with Crippen LogP contribution in [0.1, 0.15) is 12.8 Å². The van der Waals surface area contributed by atoms with Gasteiger partial charge in [-0.3, -0.25) is 9.59 Å². The van der Waals surface area contributed by atoms with Crippen LogP contribution in [0.5, 0.6) is 0 Å². The highest BCUT2D eigenvalue weighted by atomic mass is 16.5. The summed E-state index contributed by atoms with van der Waals surface area (Å²) in [6, 6.07) is 0. The van der Waals surface area contributed by atoms with E-state index in [-0.39, 0.29) is 30.5 Å². The van der Waals surface area contributed by atoms with Crippen LogP contribution in [0.3, 0.4) is 0 Å². The summed E-state index contributed by atoms with van der Waals surface area (Å²) in [6.07, 6.45) is 7.74. The smallest absolute Gasteiger partial charge is 0.305 e. The average Bonchev–Trinajstić information content (AvgIpc) is 2.66. The minimum atomic E-state index is -0.334. The maximum atomic E-state index is 11.4. The third-order valence-electron chi connectivity index (χ3n) is 1.92. The van der Waals surface area contributed by atoms with Crippen molar-refractivity contribution in [2.24, 2.45) is 5.92 Å². The first kappa shape index (κ1) is 9.71. The van der Waals surface area contributed by atoms with Crippen molar-refractivity contribution in [1.29, 1.82) is 0 Å². The Morgan fingerprint density at radius 2 is 1.85 bits per heavy atom. The van der Waals surface area contributed by atoms with E-state index in [1.807, 2.05) is 24.3 Å². The quantitative estimate of drug-likeness (QED) is 0.611. The number of rotatable bonds is 4. The molecule has 0 fully saturated rings. The lowest BCUT2D eigenvalue weighted by Crippen LogP contribution is -2.11. The van der Waals surface area contributed by atoms with Crippen molar-refractivity contribution in [1.82, 2.24) is 0 Å². The van der Waals surface area contributed by atoms with Gasteiger partial charge < -0.3 is 4.74 Å². The Morgan fingerprint density at radius 3 is 2.38 bits per heavy atom. The highest BCUT2D eigenvalue weighted by molar-refractivity contribution is 5.87. The lowest BCUT2D eigenvalue weighted by atomic mass is 10.0. The van der Waals surface area contributed by atoms with Gasteiger partial charge in [0.05, 0.1) is 19.4 Å². The summed E-state index contributed by atoms with van der Waals surface area (Å²) in [5.41, 5.74) is 0. The van der Waals surface area contributed by atoms with Crippen LogP contribution in [0.2, 0.25) is 0 Å². The van der Waals surface area contributed by atoms with E-state index in [4.69, 9.17) is 0 Å². The summed E-state index contributed by atoms with van der Waals surface area (Å²) >= 11 is 0. The summed E-state index contributed by atoms with van der Waals surface area (Å²) in [4.78, 5) is 22.1. The van der Waals surface area contributed by atoms with Gasteiger partial charge in [0.25, 0.3) is 0 Å². The number of hydrogen-bond acceptors (Lipinski definition) is 3. The molecule has 1 aliphatic rings. The highest BCUT2D eigenvalue weighted by Crippen LogP contribution is 2.12. The number of esters is 1. The highest BCUT2D eigenvalue weighted by Gasteiger charge is 2.15. The Balaban J connectivity index is 2.29. The second-order valence-electron chi connectivity index (χ2n) is 2.84. The number of carbonyl (C=O) groups is 2. The molecule has 3 heteroatoms. The molecule has 0 atom stereocenters. The summed E-state index contributed by atoms with van der Waals surface area (Å²) < 4.78 is 4.44. The number of ether oxygens (including phenoxy) is 1. The molecule has 0 heterocycles. The van der Waals surface area contributed by atoms with Gasteiger partial charge in [0.1, 0.15) is 5.78 Å². The maximum absolute atomic E-state index is 11.4. The van der Waals surface area contributed by atoms with E-state index in [0.717, 1.165) is 0 Å². The molecular formula is C10H12O3. The van der Waals surface area contributed by atoms with Crippen LogP contribution in [0.15, 0.2) is 24.3 Å². The fourth-order valence-electron chi connectivity index (χ4n) is 1.14. The lowest BCUT2D eigenvalue weighted by molar-refractivity contribution is -0.142. The van der Waals surface area contributed by atoms with Crippen molar-refractivity contribution < 1.29 is 14.3 Å². The van der Waals surface area contributed by atoms with E-state index in [0.29, 0.717) is 0 Å². The van der Waals surface area contributed by atoms with E-state index in [2.05, 4.69) is 4.74 Å². The molecule has 0 N–H and O–H groups in total. The fourth-order valence-corrected chi connectivity index (χ4v) is 1.14. The molecule has 13 heavy (non-hydrogen) atoms. The topological polar surface area (TPSA) is 43.4 Å². The van der Waals surface area contributed by atoms with Crippen molar-refractivity contribution >= 4 is 11.8 Å². The molecule has 1 aliphatic carbocycles. The molecule has 0 amide bonds. The van der Waals surface area contributed by atoms with Gasteiger partial charge in [0.15, 0.2) is 0 Å². The van der Waals surface area contributed by atoms with E-state index < -0.39 is 0 Å². The predicted octanol–water partition coefficient (Wildman–Crippen LogP) is 1.25. The molecule has 0 saturated carbocycles. The Labute approximate surface area is 77.1 Å². The zero-order valence-corrected chi connectivity index (χ0v) is 7.53. The molecule has 0 bridgehead atoms. The summed E-state index contributed by atoms with van der Waals surface area (Å²) in [5, 5.41) is 0. The predicted molar refractivity (Wildman–Crippen MR) is 48.0 cm³/mol. The molecule has 0 aromatic rings. The fraction of sp³-hybridized carbons (Fsp3) is 0.400. The van der Waals surface area contributed by atoms with Gasteiger partial charge >= 0.3 is 5.97 Å². The Morgan fingerprint density at radius 1 is 1.23 bits per heavy atom. The summed E-state index contributed by atoms with van der Waals surface area (Å²) in [6.45, 7) is 0. The van der Waals surface area contributed by atoms with Crippen LogP contribution < -0.4 is 0 Å². The van der Waals surface area contributed by atoms with E-state index in [9.17, 15) is 9.59 Å². The number of methoxy groups -OCH3 is 1. The first-order valence-corrected chi connectivity index (χ1v) is 4.18. The van der Waals surface area contributed by atoms with Crippen LogP contribution in [0.4, 0.5) is 0 Å². The molecule has 0 unspecified atom stereocenters. The molecule has 0 aromatic carbocycles. The number of hydrogen-bond donors (Lipinski definition) is 0. The first-order chi connectivity index (χ1) is 6.24. The number of Topliss-reactive ketones (excluding diaryl/α,β-unsaturated/α-hetero) is 1. The minimum Gasteiger partial charge on any atom is -0.469 e. The van der Waals surface area contributed by atoms with Crippen molar-refractivity contribution in [2.45, 2.75) is 12.8 Å². The number of ketones is 1. The average molecular weight is 180 g/mol. The molecule has 0 radical (unpaired) electrons. The molecule has 0 saturated heterocycles. The number of allylic oxidation sites excluding steroid dienone is 4. The normalized spacial score (nSPS) is 14.8. The third kappa shape index (κ3) is 2.86. The Hall–Kier alpha value is -1.38. The SMILES string of the molecule is COC(=O)CCC(=O)C1C=CC=C1. The van der Waals surface area contributed by atoms with E-state index in [1.165, 1.54) is 7.11 Å². The summed E-state index contributed by atoms with van der Waals surface area (Å²) in [7, 11) is 1.32. The Bertz CT molecular complexity index is 251. The minimum absolute atomic E-state index is 0.0652. The molecule has 0 aromatic heterocycles. The van der Waals surface area contributed by atoms with Gasteiger partial charge in [-0.1, -0.05) is 24.3 Å². The van der Waals surface area contributed by atoms with Crippen LogP contribution in [-0.4, -0.2) is 18.9 Å². The van der Waals surface area contributed by atoms with E-state index >= 15 is 0 Å². The molecule has 0 spiro atoms. The van der Waals surface area contributed by atoms with Crippen LogP contribution in [0.25, 0.3) is 0 Å². The lowest BCUT2D eigenvalue weighted by Gasteiger charge is -2.02. The zero-order chi connectivity index (χ0) is 9.68. The molecule has 1 rings (SSSR count). The maximum Gasteiger partial charge on any atom is 0.305 e. The first-order valence-electron chi connectivity index (χ1n) is 4.18. The number of carbonyl (C=O) groups excluding carboxylic acids is 2. The van der Waals surface area contributed by atoms with Crippen LogP contribution in [-0.2, 0) is 14.3 Å². The second-order valence-corrected chi connectivity index (χ2v) is 2.84. The third-order valence-corrected chi connectivity index (χ3v) is 1.92. The second kappa shape index (κ2) is 4.60. The van der Waals surface area contributed by atoms with Gasteiger partial charge in [-0.2, -0.15) is 0 Å². The van der Waals surface area contributed by atoms with Crippen molar-refractivity contribution in [3.05, 3.63) is 24.3 Å². The molecular weight excluding hydrogens is 168 g/mol. The van der Waals surface area contributed by atoms with Gasteiger partial charge in [0, 0.05) is 6.42 Å². The van der Waals surface area contributed by atoms with Gasteiger partial charge in [-0.05, 0) is 0 Å². The van der Waals surface area contributed by atoms with Gasteiger partial charge in [0.2, 0.25) is 0 Å². The zero-order valence-electron chi connectivity index (χ0n) is 7.53. The molecule has 0 aliphatic heterocycles. The van der Waals surface area contributed by atoms with Gasteiger partial charge in [-0.25, -0.2) is 0 Å². The van der Waals surface area contributed by atoms with Crippen LogP contribution >= 0.6 is 0 Å². The molecule has 3 nitrogen and oxygen atoms in total. The standard InChI is InChI=1S/C10H12O3/c1-13-10(12)7-6-9(11)8-4-2-3-5-8/h2-5,8H,6-7H2,1H3. The largest absolute Gasteiger partial charge is 0.469 e. The summed E-state index contributed by atoms with van der Waals surface area (Å²) in [5.74, 6) is -0.403.